The number of thioether (sulfide) groups is 1. The van der Waals surface area contributed by atoms with E-state index in [2.05, 4.69) is 4.74 Å². The van der Waals surface area contributed by atoms with Gasteiger partial charge in [0.25, 0.3) is 0 Å². The Kier molecular flexibility index (Phi) is 4.37. The fourth-order valence-corrected chi connectivity index (χ4v) is 1.74. The van der Waals surface area contributed by atoms with Crippen LogP contribution in [0.25, 0.3) is 0 Å². The molecule has 0 aromatic heterocycles. The number of halogens is 1. The lowest BCUT2D eigenvalue weighted by atomic mass is 10.4. The molecule has 0 heterocycles. The third-order valence-electron chi connectivity index (χ3n) is 1.61. The Morgan fingerprint density at radius 3 is 2.53 bits per heavy atom. The van der Waals surface area contributed by atoms with E-state index in [9.17, 15) is 9.18 Å². The molecular formula is C11H11FO2S. The van der Waals surface area contributed by atoms with E-state index in [1.165, 1.54) is 37.1 Å². The maximum Gasteiger partial charge on any atom is 0.331 e. The lowest BCUT2D eigenvalue weighted by molar-refractivity contribution is -0.134. The zero-order valence-corrected chi connectivity index (χ0v) is 9.31. The van der Waals surface area contributed by atoms with Crippen LogP contribution in [0.1, 0.15) is 6.92 Å². The Labute approximate surface area is 92.1 Å². The van der Waals surface area contributed by atoms with E-state index in [0.717, 1.165) is 9.80 Å². The number of carbonyl (C=O) groups is 1. The predicted octanol–water partition coefficient (Wildman–Crippen LogP) is 2.99. The van der Waals surface area contributed by atoms with Gasteiger partial charge >= 0.3 is 5.97 Å². The van der Waals surface area contributed by atoms with Gasteiger partial charge in [0, 0.05) is 11.0 Å². The molecule has 0 radical (unpaired) electrons. The molecule has 0 saturated heterocycles. The lowest BCUT2D eigenvalue weighted by Gasteiger charge is -2.00. The molecule has 0 amide bonds. The van der Waals surface area contributed by atoms with E-state index >= 15 is 0 Å². The largest absolute Gasteiger partial charge is 0.466 e. The van der Waals surface area contributed by atoms with Crippen LogP contribution in [0.15, 0.2) is 40.1 Å². The topological polar surface area (TPSA) is 26.3 Å². The molecule has 0 bridgehead atoms. The summed E-state index contributed by atoms with van der Waals surface area (Å²) < 4.78 is 17.1. The van der Waals surface area contributed by atoms with E-state index < -0.39 is 0 Å². The standard InChI is InChI=1S/C11H11FO2S/c1-8(7-11(13)14-2)15-10-5-3-9(12)4-6-10/h3-7H,1-2H3. The minimum atomic E-state index is -0.387. The molecule has 0 unspecified atom stereocenters. The second-order valence-corrected chi connectivity index (χ2v) is 4.15. The van der Waals surface area contributed by atoms with Gasteiger partial charge in [0.05, 0.1) is 7.11 Å². The monoisotopic (exact) mass is 226 g/mol. The molecule has 0 N–H and O–H groups in total. The van der Waals surface area contributed by atoms with Gasteiger partial charge < -0.3 is 4.74 Å². The van der Waals surface area contributed by atoms with Crippen molar-refractivity contribution in [1.29, 1.82) is 0 Å². The molecule has 0 aliphatic heterocycles. The smallest absolute Gasteiger partial charge is 0.331 e. The number of hydrogen-bond donors (Lipinski definition) is 0. The van der Waals surface area contributed by atoms with Crippen LogP contribution in [-0.2, 0) is 9.53 Å². The molecule has 0 saturated carbocycles. The highest BCUT2D eigenvalue weighted by Gasteiger charge is 1.99. The van der Waals surface area contributed by atoms with Gasteiger partial charge in [-0.05, 0) is 36.1 Å². The third kappa shape index (κ3) is 4.16. The summed E-state index contributed by atoms with van der Waals surface area (Å²) in [6.07, 6.45) is 1.40. The SMILES string of the molecule is COC(=O)C=C(C)Sc1ccc(F)cc1. The molecular weight excluding hydrogens is 215 g/mol. The fourth-order valence-electron chi connectivity index (χ4n) is 0.943. The molecule has 15 heavy (non-hydrogen) atoms. The fraction of sp³-hybridized carbons (Fsp3) is 0.182. The van der Waals surface area contributed by atoms with Gasteiger partial charge in [-0.25, -0.2) is 9.18 Å². The molecule has 1 aromatic rings. The summed E-state index contributed by atoms with van der Waals surface area (Å²) in [5.41, 5.74) is 0. The Morgan fingerprint density at radius 1 is 1.40 bits per heavy atom. The van der Waals surface area contributed by atoms with E-state index in [-0.39, 0.29) is 11.8 Å². The molecule has 0 aliphatic rings. The van der Waals surface area contributed by atoms with E-state index in [0.29, 0.717) is 0 Å². The van der Waals surface area contributed by atoms with Crippen LogP contribution in [-0.4, -0.2) is 13.1 Å². The maximum atomic E-state index is 12.6. The number of hydrogen-bond acceptors (Lipinski definition) is 3. The van der Waals surface area contributed by atoms with Crippen LogP contribution in [0.4, 0.5) is 4.39 Å². The highest BCUT2D eigenvalue weighted by molar-refractivity contribution is 8.03. The van der Waals surface area contributed by atoms with Gasteiger partial charge in [-0.15, -0.1) is 0 Å². The van der Waals surface area contributed by atoms with Crippen LogP contribution in [0.5, 0.6) is 0 Å². The zero-order valence-electron chi connectivity index (χ0n) is 8.49. The number of carbonyl (C=O) groups excluding carboxylic acids is 1. The first kappa shape index (κ1) is 11.8. The van der Waals surface area contributed by atoms with Crippen molar-refractivity contribution in [2.75, 3.05) is 7.11 Å². The van der Waals surface area contributed by atoms with E-state index in [1.54, 1.807) is 19.1 Å². The Bertz CT molecular complexity index is 371. The van der Waals surface area contributed by atoms with Gasteiger partial charge in [0.1, 0.15) is 5.82 Å². The molecule has 4 heteroatoms. The summed E-state index contributed by atoms with van der Waals surface area (Å²) in [5, 5.41) is 0. The maximum absolute atomic E-state index is 12.6. The normalized spacial score (nSPS) is 11.3. The van der Waals surface area contributed by atoms with Crippen LogP contribution >= 0.6 is 11.8 Å². The quantitative estimate of drug-likeness (QED) is 0.450. The first-order valence-electron chi connectivity index (χ1n) is 4.31. The van der Waals surface area contributed by atoms with Crippen molar-refractivity contribution in [3.05, 3.63) is 41.1 Å². The molecule has 1 rings (SSSR count). The first-order valence-corrected chi connectivity index (χ1v) is 5.13. The van der Waals surface area contributed by atoms with Gasteiger partial charge in [0.2, 0.25) is 0 Å². The molecule has 80 valence electrons. The van der Waals surface area contributed by atoms with Crippen molar-refractivity contribution in [2.45, 2.75) is 11.8 Å². The number of methoxy groups -OCH3 is 1. The Morgan fingerprint density at radius 2 is 2.00 bits per heavy atom. The molecule has 1 aromatic carbocycles. The second kappa shape index (κ2) is 5.56. The van der Waals surface area contributed by atoms with Crippen LogP contribution in [0.3, 0.4) is 0 Å². The van der Waals surface area contributed by atoms with Gasteiger partial charge in [-0.1, -0.05) is 11.8 Å². The zero-order chi connectivity index (χ0) is 11.3. The lowest BCUT2D eigenvalue weighted by Crippen LogP contribution is -1.94. The van der Waals surface area contributed by atoms with Crippen molar-refractivity contribution in [3.63, 3.8) is 0 Å². The van der Waals surface area contributed by atoms with Gasteiger partial charge in [0.15, 0.2) is 0 Å². The van der Waals surface area contributed by atoms with Crippen LogP contribution in [0, 0.1) is 5.82 Å². The molecule has 0 atom stereocenters. The van der Waals surface area contributed by atoms with E-state index in [1.807, 2.05) is 0 Å². The molecule has 0 fully saturated rings. The molecule has 2 nitrogen and oxygen atoms in total. The minimum Gasteiger partial charge on any atom is -0.466 e. The number of esters is 1. The summed E-state index contributed by atoms with van der Waals surface area (Å²) in [5.74, 6) is -0.656. The minimum absolute atomic E-state index is 0.269. The number of benzene rings is 1. The molecule has 0 aliphatic carbocycles. The van der Waals surface area contributed by atoms with Crippen molar-refractivity contribution < 1.29 is 13.9 Å². The number of ether oxygens (including phenoxy) is 1. The summed E-state index contributed by atoms with van der Waals surface area (Å²) in [7, 11) is 1.33. The average molecular weight is 226 g/mol. The van der Waals surface area contributed by atoms with Crippen molar-refractivity contribution >= 4 is 17.7 Å². The highest BCUT2D eigenvalue weighted by Crippen LogP contribution is 2.25. The number of allylic oxidation sites excluding steroid dienone is 1. The predicted molar refractivity (Wildman–Crippen MR) is 58.0 cm³/mol. The summed E-state index contributed by atoms with van der Waals surface area (Å²) in [6, 6.07) is 6.09. The average Bonchev–Trinajstić information content (AvgIpc) is 2.21. The van der Waals surface area contributed by atoms with Crippen molar-refractivity contribution in [3.8, 4) is 0 Å². The van der Waals surface area contributed by atoms with E-state index in [4.69, 9.17) is 0 Å². The van der Waals surface area contributed by atoms with Gasteiger partial charge in [-0.3, -0.25) is 0 Å². The first-order chi connectivity index (χ1) is 7.11. The summed E-state index contributed by atoms with van der Waals surface area (Å²) in [6.45, 7) is 1.80. The summed E-state index contributed by atoms with van der Waals surface area (Å²) in [4.78, 5) is 12.6. The van der Waals surface area contributed by atoms with Crippen LogP contribution < -0.4 is 0 Å². The second-order valence-electron chi connectivity index (χ2n) is 2.83. The molecule has 0 spiro atoms. The summed E-state index contributed by atoms with van der Waals surface area (Å²) >= 11 is 1.39. The van der Waals surface area contributed by atoms with Crippen molar-refractivity contribution in [1.82, 2.24) is 0 Å². The Balaban J connectivity index is 2.66. The Hall–Kier alpha value is -1.29. The highest BCUT2D eigenvalue weighted by atomic mass is 32.2. The van der Waals surface area contributed by atoms with Crippen LogP contribution in [0.2, 0.25) is 0 Å². The third-order valence-corrected chi connectivity index (χ3v) is 2.56. The number of rotatable bonds is 3. The van der Waals surface area contributed by atoms with Crippen molar-refractivity contribution in [2.24, 2.45) is 0 Å². The van der Waals surface area contributed by atoms with Gasteiger partial charge in [-0.2, -0.15) is 0 Å².